The van der Waals surface area contributed by atoms with Crippen LogP contribution in [-0.2, 0) is 38.0 Å². The maximum atomic E-state index is 12.4. The number of amides is 1. The monoisotopic (exact) mass is 690 g/mol. The van der Waals surface area contributed by atoms with Crippen LogP contribution in [0, 0.1) is 0 Å². The zero-order valence-corrected chi connectivity index (χ0v) is 25.4. The second-order valence-electron chi connectivity index (χ2n) is 11.5. The number of aliphatic carboxylic acids is 1. The van der Waals surface area contributed by atoms with Gasteiger partial charge in [0.2, 0.25) is 5.91 Å². The Labute approximate surface area is 267 Å². The van der Waals surface area contributed by atoms with Gasteiger partial charge in [0.1, 0.15) is 67.1 Å². The van der Waals surface area contributed by atoms with Gasteiger partial charge in [-0.25, -0.2) is 4.79 Å². The number of carboxylic acid groups (broad SMARTS) is 1. The summed E-state index contributed by atoms with van der Waals surface area (Å²) in [6.07, 6.45) is -25.5. The van der Waals surface area contributed by atoms with Crippen LogP contribution in [0.2, 0.25) is 0 Å². The number of nitrogens with two attached hydrogens (primary N) is 1. The summed E-state index contributed by atoms with van der Waals surface area (Å²) in [6, 6.07) is -1.48. The van der Waals surface area contributed by atoms with Crippen LogP contribution in [0.4, 0.5) is 0 Å². The first-order valence-electron chi connectivity index (χ1n) is 14.9. The average molecular weight is 691 g/mol. The Morgan fingerprint density at radius 3 is 2.17 bits per heavy atom. The number of carbonyl (C=O) groups excluding carboxylic acids is 1. The number of ether oxygens (including phenoxy) is 6. The standard InChI is InChI=1S/C26H46N2O19/c1-9(31)28-14-10(32)5-26(25(40)41,47-22(14)15(34)11(33)6-29)43-8-13-16(35)17(36)19(38)24(45-13)46-21-12(7-30)44-23(20(39)18(21)37)42-4-2-3-27/h10-24,29-30,32-39H,2-8,27H2,1H3,(H,28,31)(H,40,41)/t10-,11+,12+,13+,14+,15+,16-,17-,18+,19+,20+,21+,22+,23+,24-,26+/m0/s1. The number of hydrogen-bond donors (Lipinski definition) is 13. The highest BCUT2D eigenvalue weighted by Crippen LogP contribution is 2.35. The number of carboxylic acids is 1. The third-order valence-electron chi connectivity index (χ3n) is 8.08. The molecular weight excluding hydrogens is 644 g/mol. The Kier molecular flexibility index (Phi) is 14.6. The van der Waals surface area contributed by atoms with Crippen molar-refractivity contribution in [2.75, 3.05) is 33.0 Å². The topological polar surface area (TPSA) is 350 Å². The van der Waals surface area contributed by atoms with Crippen molar-refractivity contribution in [3.05, 3.63) is 0 Å². The van der Waals surface area contributed by atoms with E-state index >= 15 is 0 Å². The van der Waals surface area contributed by atoms with E-state index in [2.05, 4.69) is 5.32 Å². The molecule has 3 aliphatic heterocycles. The van der Waals surface area contributed by atoms with E-state index in [9.17, 15) is 65.8 Å². The highest BCUT2D eigenvalue weighted by molar-refractivity contribution is 5.76. The fraction of sp³-hybridized carbons (Fsp3) is 0.923. The van der Waals surface area contributed by atoms with Gasteiger partial charge in [0.25, 0.3) is 5.79 Å². The molecule has 16 atom stereocenters. The zero-order chi connectivity index (χ0) is 35.2. The maximum absolute atomic E-state index is 12.4. The second kappa shape index (κ2) is 17.3. The number of rotatable bonds is 15. The Balaban J connectivity index is 1.79. The molecule has 0 bridgehead atoms. The van der Waals surface area contributed by atoms with Crippen LogP contribution < -0.4 is 11.1 Å². The summed E-state index contributed by atoms with van der Waals surface area (Å²) in [7, 11) is 0. The molecule has 0 saturated carbocycles. The normalized spacial score (nSPS) is 42.4. The first-order valence-corrected chi connectivity index (χ1v) is 14.9. The molecule has 3 heterocycles. The quantitative estimate of drug-likeness (QED) is 0.0709. The molecule has 3 rings (SSSR count). The van der Waals surface area contributed by atoms with Crippen LogP contribution in [0.25, 0.3) is 0 Å². The Hall–Kier alpha value is -1.74. The van der Waals surface area contributed by atoms with Crippen LogP contribution in [0.5, 0.6) is 0 Å². The summed E-state index contributed by atoms with van der Waals surface area (Å²) in [5.41, 5.74) is 5.41. The van der Waals surface area contributed by atoms with Crippen LogP contribution in [0.1, 0.15) is 19.8 Å². The van der Waals surface area contributed by atoms with Crippen molar-refractivity contribution in [1.82, 2.24) is 5.32 Å². The van der Waals surface area contributed by atoms with Gasteiger partial charge in [0.05, 0.1) is 38.6 Å². The van der Waals surface area contributed by atoms with Crippen molar-refractivity contribution in [2.45, 2.75) is 117 Å². The van der Waals surface area contributed by atoms with E-state index < -0.39 is 136 Å². The Morgan fingerprint density at radius 2 is 1.60 bits per heavy atom. The minimum atomic E-state index is -2.83. The highest BCUT2D eigenvalue weighted by Gasteiger charge is 2.57. The van der Waals surface area contributed by atoms with Gasteiger partial charge in [-0.1, -0.05) is 0 Å². The van der Waals surface area contributed by atoms with Crippen LogP contribution in [0.3, 0.4) is 0 Å². The molecule has 0 aromatic heterocycles. The largest absolute Gasteiger partial charge is 0.477 e. The van der Waals surface area contributed by atoms with Gasteiger partial charge in [0.15, 0.2) is 12.6 Å². The summed E-state index contributed by atoms with van der Waals surface area (Å²) in [5, 5.41) is 116. The molecule has 47 heavy (non-hydrogen) atoms. The maximum Gasteiger partial charge on any atom is 0.364 e. The molecule has 14 N–H and O–H groups in total. The van der Waals surface area contributed by atoms with Gasteiger partial charge in [-0.05, 0) is 13.0 Å². The lowest BCUT2D eigenvalue weighted by atomic mass is 9.88. The summed E-state index contributed by atoms with van der Waals surface area (Å²) in [5.74, 6) is -5.40. The molecule has 0 aromatic rings. The summed E-state index contributed by atoms with van der Waals surface area (Å²) >= 11 is 0. The van der Waals surface area contributed by atoms with Crippen molar-refractivity contribution in [1.29, 1.82) is 0 Å². The average Bonchev–Trinajstić information content (AvgIpc) is 3.03. The predicted molar refractivity (Wildman–Crippen MR) is 147 cm³/mol. The minimum Gasteiger partial charge on any atom is -0.477 e. The molecular formula is C26H46N2O19. The summed E-state index contributed by atoms with van der Waals surface area (Å²) in [6.45, 7) is -1.35. The number of hydrogen-bond acceptors (Lipinski definition) is 19. The first kappa shape index (κ1) is 39.7. The van der Waals surface area contributed by atoms with E-state index in [1.54, 1.807) is 0 Å². The van der Waals surface area contributed by atoms with Gasteiger partial charge < -0.3 is 95.6 Å². The van der Waals surface area contributed by atoms with Gasteiger partial charge in [0, 0.05) is 13.3 Å². The van der Waals surface area contributed by atoms with E-state index in [0.29, 0.717) is 6.42 Å². The van der Waals surface area contributed by atoms with Crippen LogP contribution in [0.15, 0.2) is 0 Å². The molecule has 1 amide bonds. The third-order valence-corrected chi connectivity index (χ3v) is 8.08. The third kappa shape index (κ3) is 9.09. The molecule has 0 aromatic carbocycles. The minimum absolute atomic E-state index is 0.0546. The van der Waals surface area contributed by atoms with E-state index in [-0.39, 0.29) is 13.2 Å². The number of nitrogens with one attached hydrogen (secondary N) is 1. The highest BCUT2D eigenvalue weighted by atomic mass is 16.8. The predicted octanol–water partition coefficient (Wildman–Crippen LogP) is -7.85. The van der Waals surface area contributed by atoms with Gasteiger partial charge >= 0.3 is 5.97 Å². The molecule has 274 valence electrons. The lowest BCUT2D eigenvalue weighted by Crippen LogP contribution is -2.68. The smallest absolute Gasteiger partial charge is 0.364 e. The fourth-order valence-electron chi connectivity index (χ4n) is 5.46. The molecule has 3 fully saturated rings. The second-order valence-corrected chi connectivity index (χ2v) is 11.5. The van der Waals surface area contributed by atoms with Gasteiger partial charge in [-0.2, -0.15) is 0 Å². The molecule has 0 radical (unpaired) electrons. The molecule has 3 saturated heterocycles. The molecule has 3 aliphatic rings. The Bertz CT molecular complexity index is 1010. The number of aliphatic hydroxyl groups excluding tert-OH is 10. The van der Waals surface area contributed by atoms with Gasteiger partial charge in [-0.3, -0.25) is 4.79 Å². The van der Waals surface area contributed by atoms with E-state index in [4.69, 9.17) is 34.2 Å². The molecule has 0 unspecified atom stereocenters. The lowest BCUT2D eigenvalue weighted by Gasteiger charge is -2.48. The molecule has 0 spiro atoms. The van der Waals surface area contributed by atoms with Crippen LogP contribution >= 0.6 is 0 Å². The van der Waals surface area contributed by atoms with E-state index in [0.717, 1.165) is 6.92 Å². The van der Waals surface area contributed by atoms with Crippen molar-refractivity contribution >= 4 is 11.9 Å². The zero-order valence-electron chi connectivity index (χ0n) is 25.4. The molecule has 0 aliphatic carbocycles. The Morgan fingerprint density at radius 1 is 0.957 bits per heavy atom. The number of aliphatic hydroxyl groups is 10. The van der Waals surface area contributed by atoms with Crippen molar-refractivity contribution in [3.63, 3.8) is 0 Å². The van der Waals surface area contributed by atoms with Crippen molar-refractivity contribution in [2.24, 2.45) is 5.73 Å². The molecule has 21 heteroatoms. The number of carbonyl (C=O) groups is 2. The lowest BCUT2D eigenvalue weighted by molar-refractivity contribution is -0.367. The van der Waals surface area contributed by atoms with Crippen LogP contribution in [-0.4, -0.2) is 199 Å². The van der Waals surface area contributed by atoms with E-state index in [1.807, 2.05) is 0 Å². The van der Waals surface area contributed by atoms with Crippen molar-refractivity contribution in [3.8, 4) is 0 Å². The SMILES string of the molecule is CC(=O)N[C@H]1[C@H]([C@H](O)[C@H](O)CO)O[C@@](OC[C@H]2O[C@@H](O[C@H]3[C@H](O)[C@@H](O)[C@H](OCCCN)O[C@@H]3CO)[C@H](O)[C@@H](O)[C@H]2O)(C(=O)O)C[C@@H]1O. The molecule has 21 nitrogen and oxygen atoms in total. The summed E-state index contributed by atoms with van der Waals surface area (Å²) in [4.78, 5) is 24.2. The van der Waals surface area contributed by atoms with Crippen molar-refractivity contribution < 1.29 is 94.2 Å². The summed E-state index contributed by atoms with van der Waals surface area (Å²) < 4.78 is 32.9. The van der Waals surface area contributed by atoms with E-state index in [1.165, 1.54) is 0 Å². The fourth-order valence-corrected chi connectivity index (χ4v) is 5.46. The van der Waals surface area contributed by atoms with Gasteiger partial charge in [-0.15, -0.1) is 0 Å². The first-order chi connectivity index (χ1) is 22.1.